The molecule has 1 aliphatic carbocycles. The fraction of sp³-hybridized carbons (Fsp3) is 0.542. The summed E-state index contributed by atoms with van der Waals surface area (Å²) in [5.41, 5.74) is 2.64. The second kappa shape index (κ2) is 11.6. The summed E-state index contributed by atoms with van der Waals surface area (Å²) in [5.74, 6) is -0.513. The van der Waals surface area contributed by atoms with Crippen LogP contribution in [0.5, 0.6) is 0 Å². The third-order valence-corrected chi connectivity index (χ3v) is 5.29. The zero-order valence-electron chi connectivity index (χ0n) is 17.9. The Hall–Kier alpha value is -2.56. The molecule has 0 atom stereocenters. The minimum atomic E-state index is -1.02. The van der Waals surface area contributed by atoms with Crippen molar-refractivity contribution in [2.45, 2.75) is 64.6 Å². The van der Waals surface area contributed by atoms with E-state index in [0.29, 0.717) is 45.5 Å². The Morgan fingerprint density at radius 1 is 1.03 bits per heavy atom. The highest BCUT2D eigenvalue weighted by Crippen LogP contribution is 2.55. The van der Waals surface area contributed by atoms with Gasteiger partial charge in [-0.3, -0.25) is 9.59 Å². The number of ether oxygens (including phenoxy) is 3. The van der Waals surface area contributed by atoms with E-state index in [4.69, 9.17) is 14.2 Å². The summed E-state index contributed by atoms with van der Waals surface area (Å²) in [6.45, 7) is 4.66. The van der Waals surface area contributed by atoms with E-state index >= 15 is 0 Å². The van der Waals surface area contributed by atoms with Crippen molar-refractivity contribution >= 4 is 11.9 Å². The Balaban J connectivity index is 1.90. The highest BCUT2D eigenvalue weighted by atomic mass is 16.5. The number of carbonyl (C=O) groups excluding carboxylic acids is 2. The Morgan fingerprint density at radius 3 is 2.13 bits per heavy atom. The highest BCUT2D eigenvalue weighted by Gasteiger charge is 2.52. The number of esters is 2. The first-order valence-electron chi connectivity index (χ1n) is 10.5. The first kappa shape index (κ1) is 23.7. The van der Waals surface area contributed by atoms with Gasteiger partial charge in [-0.05, 0) is 56.6 Å². The van der Waals surface area contributed by atoms with Crippen molar-refractivity contribution in [3.8, 4) is 0 Å². The molecule has 0 radical (unpaired) electrons. The summed E-state index contributed by atoms with van der Waals surface area (Å²) in [6, 6.07) is 9.78. The van der Waals surface area contributed by atoms with Gasteiger partial charge in [-0.15, -0.1) is 0 Å². The largest absolute Gasteiger partial charge is 0.488 e. The summed E-state index contributed by atoms with van der Waals surface area (Å²) in [6.07, 6.45) is 5.63. The van der Waals surface area contributed by atoms with Crippen LogP contribution in [0.4, 0.5) is 0 Å². The lowest BCUT2D eigenvalue weighted by molar-refractivity contribution is -0.150. The average Bonchev–Trinajstić information content (AvgIpc) is 2.70. The lowest BCUT2D eigenvalue weighted by atomic mass is 9.55. The third kappa shape index (κ3) is 7.69. The maximum atomic E-state index is 11.8. The molecule has 164 valence electrons. The molecular formula is C24H32O6. The van der Waals surface area contributed by atoms with Gasteiger partial charge in [-0.1, -0.05) is 36.1 Å². The van der Waals surface area contributed by atoms with E-state index in [2.05, 4.69) is 5.73 Å². The molecule has 1 aromatic rings. The van der Waals surface area contributed by atoms with Crippen molar-refractivity contribution in [3.05, 3.63) is 54.0 Å². The van der Waals surface area contributed by atoms with Crippen LogP contribution in [-0.2, 0) is 30.4 Å². The highest BCUT2D eigenvalue weighted by molar-refractivity contribution is 5.70. The summed E-state index contributed by atoms with van der Waals surface area (Å²) in [4.78, 5) is 23.5. The van der Waals surface area contributed by atoms with Crippen molar-refractivity contribution < 1.29 is 28.9 Å². The van der Waals surface area contributed by atoms with Gasteiger partial charge < -0.3 is 19.3 Å². The molecule has 0 saturated heterocycles. The van der Waals surface area contributed by atoms with Gasteiger partial charge in [0.2, 0.25) is 0 Å². The van der Waals surface area contributed by atoms with Crippen molar-refractivity contribution in [2.75, 3.05) is 13.2 Å². The molecule has 0 aliphatic heterocycles. The van der Waals surface area contributed by atoms with Gasteiger partial charge in [0.15, 0.2) is 0 Å². The lowest BCUT2D eigenvalue weighted by Gasteiger charge is -2.52. The van der Waals surface area contributed by atoms with Gasteiger partial charge in [-0.25, -0.2) is 0 Å². The smallest absolute Gasteiger partial charge is 0.305 e. The van der Waals surface area contributed by atoms with Crippen LogP contribution in [0.2, 0.25) is 0 Å². The van der Waals surface area contributed by atoms with E-state index in [1.165, 1.54) is 6.26 Å². The predicted molar refractivity (Wildman–Crippen MR) is 112 cm³/mol. The Morgan fingerprint density at radius 2 is 1.60 bits per heavy atom. The first-order chi connectivity index (χ1) is 14.4. The topological polar surface area (TPSA) is 82.1 Å². The van der Waals surface area contributed by atoms with Crippen molar-refractivity contribution in [1.82, 2.24) is 0 Å². The third-order valence-electron chi connectivity index (χ3n) is 5.29. The van der Waals surface area contributed by atoms with Crippen molar-refractivity contribution in [2.24, 2.45) is 5.41 Å². The number of carbonyl (C=O) groups is 2. The van der Waals surface area contributed by atoms with Crippen LogP contribution in [0, 0.1) is 5.41 Å². The fourth-order valence-corrected chi connectivity index (χ4v) is 3.98. The van der Waals surface area contributed by atoms with E-state index < -0.39 is 5.60 Å². The predicted octanol–water partition coefficient (Wildman–Crippen LogP) is 4.07. The van der Waals surface area contributed by atoms with E-state index in [1.807, 2.05) is 30.3 Å². The summed E-state index contributed by atoms with van der Waals surface area (Å²) in [7, 11) is 0. The van der Waals surface area contributed by atoms with Crippen LogP contribution in [-0.4, -0.2) is 35.9 Å². The lowest BCUT2D eigenvalue weighted by Crippen LogP contribution is -2.51. The summed E-state index contributed by atoms with van der Waals surface area (Å²) >= 11 is 0. The molecule has 0 unspecified atom stereocenters. The molecule has 1 fully saturated rings. The molecule has 1 N–H and O–H groups in total. The van der Waals surface area contributed by atoms with Gasteiger partial charge in [0.1, 0.15) is 12.9 Å². The maximum absolute atomic E-state index is 11.8. The minimum Gasteiger partial charge on any atom is -0.488 e. The molecule has 0 spiro atoms. The molecule has 6 heteroatoms. The fourth-order valence-electron chi connectivity index (χ4n) is 3.98. The molecule has 1 aliphatic rings. The van der Waals surface area contributed by atoms with E-state index in [-0.39, 0.29) is 30.2 Å². The van der Waals surface area contributed by atoms with Crippen LogP contribution in [0.1, 0.15) is 57.9 Å². The summed E-state index contributed by atoms with van der Waals surface area (Å²) < 4.78 is 15.5. The van der Waals surface area contributed by atoms with Gasteiger partial charge >= 0.3 is 11.9 Å². The Kier molecular flexibility index (Phi) is 9.15. The molecular weight excluding hydrogens is 384 g/mol. The molecule has 6 nitrogen and oxygen atoms in total. The molecule has 0 heterocycles. The van der Waals surface area contributed by atoms with E-state index in [9.17, 15) is 14.7 Å². The number of rotatable bonds is 12. The maximum Gasteiger partial charge on any atom is 0.305 e. The van der Waals surface area contributed by atoms with E-state index in [1.54, 1.807) is 19.9 Å². The second-order valence-electron chi connectivity index (χ2n) is 7.79. The zero-order valence-corrected chi connectivity index (χ0v) is 17.9. The molecule has 30 heavy (non-hydrogen) atoms. The van der Waals surface area contributed by atoms with E-state index in [0.717, 1.165) is 5.56 Å². The van der Waals surface area contributed by atoms with Crippen LogP contribution in [0.3, 0.4) is 0 Å². The number of hydrogen-bond acceptors (Lipinski definition) is 6. The SMILES string of the molecule is CCOC(=O)CCC1(CCC(=O)OCC)CC(O)(C=C=COCc2ccccc2)C1. The molecule has 0 aromatic heterocycles. The normalized spacial score (nSPS) is 15.8. The zero-order chi connectivity index (χ0) is 21.9. The minimum absolute atomic E-state index is 0.256. The Labute approximate surface area is 178 Å². The number of benzene rings is 1. The van der Waals surface area contributed by atoms with Crippen molar-refractivity contribution in [1.29, 1.82) is 0 Å². The van der Waals surface area contributed by atoms with Gasteiger partial charge in [-0.2, -0.15) is 0 Å². The van der Waals surface area contributed by atoms with Crippen LogP contribution >= 0.6 is 0 Å². The van der Waals surface area contributed by atoms with Crippen molar-refractivity contribution in [3.63, 3.8) is 0 Å². The summed E-state index contributed by atoms with van der Waals surface area (Å²) in [5, 5.41) is 10.8. The van der Waals surface area contributed by atoms with Gasteiger partial charge in [0, 0.05) is 12.8 Å². The van der Waals surface area contributed by atoms with Gasteiger partial charge in [0.05, 0.1) is 18.8 Å². The Bertz CT molecular complexity index is 718. The molecule has 1 saturated carbocycles. The van der Waals surface area contributed by atoms with Gasteiger partial charge in [0.25, 0.3) is 0 Å². The van der Waals surface area contributed by atoms with Crippen LogP contribution in [0.25, 0.3) is 0 Å². The number of hydrogen-bond donors (Lipinski definition) is 1. The number of aliphatic hydroxyl groups is 1. The molecule has 0 amide bonds. The molecule has 2 rings (SSSR count). The quantitative estimate of drug-likeness (QED) is 0.314. The first-order valence-corrected chi connectivity index (χ1v) is 10.5. The molecule has 1 aromatic carbocycles. The van der Waals surface area contributed by atoms with Crippen LogP contribution < -0.4 is 0 Å². The standard InChI is InChI=1S/C24H32O6/c1-3-29-21(25)11-14-23(15-12-22(26)30-4-2)18-24(27,19-23)13-8-16-28-17-20-9-6-5-7-10-20/h5-7,9-10,13,16,27H,3-4,11-12,14-15,17-19H2,1-2H3. The molecule has 0 bridgehead atoms. The second-order valence-corrected chi connectivity index (χ2v) is 7.79. The van der Waals surface area contributed by atoms with Crippen LogP contribution in [0.15, 0.2) is 48.4 Å². The monoisotopic (exact) mass is 416 g/mol. The average molecular weight is 417 g/mol.